The number of rotatable bonds is 6. The molecule has 0 saturated heterocycles. The molecule has 0 bridgehead atoms. The van der Waals surface area contributed by atoms with Gasteiger partial charge in [-0.25, -0.2) is 9.13 Å². The van der Waals surface area contributed by atoms with Gasteiger partial charge in [0.05, 0.1) is 6.54 Å². The van der Waals surface area contributed by atoms with Gasteiger partial charge in [-0.15, -0.1) is 0 Å². The van der Waals surface area contributed by atoms with Crippen molar-refractivity contribution in [2.45, 2.75) is 33.0 Å². The fraction of sp³-hybridized carbons (Fsp3) is 0.167. The topological polar surface area (TPSA) is 13.7 Å². The largest absolute Gasteiger partial charge is 1.00 e. The first-order chi connectivity index (χ1) is 16.3. The minimum Gasteiger partial charge on any atom is -1.00 e. The molecule has 0 aliphatic rings. The lowest BCUT2D eigenvalue weighted by Gasteiger charge is -2.06. The maximum Gasteiger partial charge on any atom is 0.245 e. The van der Waals surface area contributed by atoms with Gasteiger partial charge in [0.25, 0.3) is 0 Å². The van der Waals surface area contributed by atoms with Gasteiger partial charge in [0.2, 0.25) is 6.33 Å². The molecule has 34 heavy (non-hydrogen) atoms. The summed E-state index contributed by atoms with van der Waals surface area (Å²) < 4.78 is 7.27. The lowest BCUT2D eigenvalue weighted by atomic mass is 10.1. The molecular weight excluding hydrogens is 482 g/mol. The van der Waals surface area contributed by atoms with E-state index in [1.807, 2.05) is 0 Å². The Labute approximate surface area is 210 Å². The van der Waals surface area contributed by atoms with Gasteiger partial charge in [-0.05, 0) is 36.8 Å². The van der Waals surface area contributed by atoms with Crippen LogP contribution in [-0.4, -0.2) is 9.13 Å². The van der Waals surface area contributed by atoms with Gasteiger partial charge in [0.15, 0.2) is 11.0 Å². The lowest BCUT2D eigenvalue weighted by molar-refractivity contribution is -0.663. The van der Waals surface area contributed by atoms with E-state index in [2.05, 4.69) is 124 Å². The highest BCUT2D eigenvalue weighted by atomic mass is 79.9. The second kappa shape index (κ2) is 9.47. The molecule has 0 spiro atoms. The highest BCUT2D eigenvalue weighted by Crippen LogP contribution is 2.29. The number of nitrogens with zero attached hydrogens (tertiary/aromatic N) is 3. The van der Waals surface area contributed by atoms with E-state index in [0.717, 1.165) is 26.1 Å². The van der Waals surface area contributed by atoms with Crippen molar-refractivity contribution >= 4 is 32.8 Å². The summed E-state index contributed by atoms with van der Waals surface area (Å²) in [4.78, 5) is 0. The van der Waals surface area contributed by atoms with Crippen LogP contribution in [0.5, 0.6) is 0 Å². The predicted molar refractivity (Wildman–Crippen MR) is 136 cm³/mol. The fourth-order valence-electron chi connectivity index (χ4n) is 5.08. The Morgan fingerprint density at radius 3 is 1.91 bits per heavy atom. The third-order valence-electron chi connectivity index (χ3n) is 6.71. The van der Waals surface area contributed by atoms with Crippen LogP contribution < -0.4 is 21.5 Å². The van der Waals surface area contributed by atoms with Crippen molar-refractivity contribution in [1.29, 1.82) is 0 Å². The standard InChI is InChI=1S/C30H28N3.BrH/c1-23-15-17-24(18-16-23)21-32-22-31(29-13-6-7-14-30(29)32)19-8-20-33-27-11-4-2-9-25(27)26-10-3-5-12-28(26)33;/h2-7,9-18,22H,8,19-21H2,1H3;1H/q+1;/p-1. The summed E-state index contributed by atoms with van der Waals surface area (Å²) >= 11 is 0. The van der Waals surface area contributed by atoms with Crippen LogP contribution in [0.2, 0.25) is 0 Å². The summed E-state index contributed by atoms with van der Waals surface area (Å²) in [6.07, 6.45) is 3.36. The number of halogens is 1. The van der Waals surface area contributed by atoms with E-state index in [1.165, 1.54) is 44.0 Å². The molecule has 0 N–H and O–H groups in total. The quantitative estimate of drug-likeness (QED) is 0.305. The number of hydrogen-bond acceptors (Lipinski definition) is 0. The molecule has 0 radical (unpaired) electrons. The van der Waals surface area contributed by atoms with Crippen molar-refractivity contribution in [3.63, 3.8) is 0 Å². The molecular formula is C30H28BrN3. The Morgan fingerprint density at radius 2 is 1.24 bits per heavy atom. The summed E-state index contributed by atoms with van der Waals surface area (Å²) in [6.45, 7) is 5.02. The van der Waals surface area contributed by atoms with Gasteiger partial charge >= 0.3 is 0 Å². The smallest absolute Gasteiger partial charge is 0.245 e. The molecule has 0 amide bonds. The van der Waals surface area contributed by atoms with Gasteiger partial charge in [-0.3, -0.25) is 0 Å². The zero-order valence-electron chi connectivity index (χ0n) is 19.4. The van der Waals surface area contributed by atoms with Crippen LogP contribution in [0, 0.1) is 6.92 Å². The van der Waals surface area contributed by atoms with Gasteiger partial charge in [-0.2, -0.15) is 0 Å². The van der Waals surface area contributed by atoms with Gasteiger partial charge in [-0.1, -0.05) is 78.4 Å². The molecule has 4 aromatic carbocycles. The number of aromatic nitrogens is 3. The van der Waals surface area contributed by atoms with Crippen LogP contribution in [0.3, 0.4) is 0 Å². The first-order valence-corrected chi connectivity index (χ1v) is 11.8. The van der Waals surface area contributed by atoms with Crippen molar-refractivity contribution in [1.82, 2.24) is 9.13 Å². The number of aryl methyl sites for hydroxylation is 3. The Hall–Kier alpha value is -3.37. The third kappa shape index (κ3) is 4.03. The molecule has 0 aliphatic carbocycles. The van der Waals surface area contributed by atoms with E-state index in [9.17, 15) is 0 Å². The van der Waals surface area contributed by atoms with Crippen LogP contribution in [0.15, 0.2) is 103 Å². The molecule has 0 atom stereocenters. The first-order valence-electron chi connectivity index (χ1n) is 11.8. The van der Waals surface area contributed by atoms with Crippen LogP contribution in [0.1, 0.15) is 17.5 Å². The molecule has 3 nitrogen and oxygen atoms in total. The fourth-order valence-corrected chi connectivity index (χ4v) is 5.08. The number of para-hydroxylation sites is 4. The number of hydrogen-bond donors (Lipinski definition) is 0. The summed E-state index contributed by atoms with van der Waals surface area (Å²) in [7, 11) is 0. The normalized spacial score (nSPS) is 11.3. The van der Waals surface area contributed by atoms with Gasteiger partial charge in [0, 0.05) is 34.8 Å². The van der Waals surface area contributed by atoms with Gasteiger partial charge < -0.3 is 21.5 Å². The molecule has 170 valence electrons. The number of benzene rings is 4. The van der Waals surface area contributed by atoms with Crippen molar-refractivity contribution in [2.75, 3.05) is 0 Å². The molecule has 0 unspecified atom stereocenters. The van der Waals surface area contributed by atoms with Crippen molar-refractivity contribution in [3.8, 4) is 0 Å². The van der Waals surface area contributed by atoms with Crippen molar-refractivity contribution < 1.29 is 21.5 Å². The average molecular weight is 510 g/mol. The molecule has 6 aromatic rings. The Kier molecular flexibility index (Phi) is 6.25. The zero-order chi connectivity index (χ0) is 22.2. The summed E-state index contributed by atoms with van der Waals surface area (Å²) in [5.41, 5.74) is 7.87. The maximum atomic E-state index is 2.48. The Balaban J connectivity index is 0.00000241. The second-order valence-corrected chi connectivity index (χ2v) is 8.95. The van der Waals surface area contributed by atoms with E-state index in [1.54, 1.807) is 0 Å². The predicted octanol–water partition coefficient (Wildman–Crippen LogP) is 3.49. The Bertz CT molecular complexity index is 1520. The minimum absolute atomic E-state index is 0. The lowest BCUT2D eigenvalue weighted by Crippen LogP contribution is -3.00. The molecule has 4 heteroatoms. The highest BCUT2D eigenvalue weighted by Gasteiger charge is 2.16. The van der Waals surface area contributed by atoms with E-state index in [4.69, 9.17) is 0 Å². The molecule has 6 rings (SSSR count). The van der Waals surface area contributed by atoms with E-state index in [-0.39, 0.29) is 17.0 Å². The molecule has 2 heterocycles. The summed E-state index contributed by atoms with van der Waals surface area (Å²) in [5.74, 6) is 0. The van der Waals surface area contributed by atoms with Crippen LogP contribution >= 0.6 is 0 Å². The van der Waals surface area contributed by atoms with Crippen LogP contribution in [0.4, 0.5) is 0 Å². The SMILES string of the molecule is Cc1ccc(C[n+]2cn(CCCn3c4ccccc4c4ccccc43)c3ccccc32)cc1.[Br-]. The summed E-state index contributed by atoms with van der Waals surface area (Å²) in [5, 5.41) is 2.69. The second-order valence-electron chi connectivity index (χ2n) is 8.95. The van der Waals surface area contributed by atoms with Crippen LogP contribution in [0.25, 0.3) is 32.8 Å². The van der Waals surface area contributed by atoms with Crippen molar-refractivity contribution in [3.05, 3.63) is 115 Å². The Morgan fingerprint density at radius 1 is 0.647 bits per heavy atom. The average Bonchev–Trinajstić information content (AvgIpc) is 3.37. The third-order valence-corrected chi connectivity index (χ3v) is 6.71. The molecule has 0 saturated carbocycles. The minimum atomic E-state index is 0. The first kappa shape index (κ1) is 22.4. The molecule has 2 aromatic heterocycles. The van der Waals surface area contributed by atoms with Crippen LogP contribution in [-0.2, 0) is 19.6 Å². The van der Waals surface area contributed by atoms with E-state index in [0.29, 0.717) is 0 Å². The van der Waals surface area contributed by atoms with Crippen molar-refractivity contribution in [2.24, 2.45) is 0 Å². The highest BCUT2D eigenvalue weighted by molar-refractivity contribution is 6.07. The number of fused-ring (bicyclic) bond motifs is 4. The number of imidazole rings is 1. The monoisotopic (exact) mass is 509 g/mol. The maximum absolute atomic E-state index is 2.48. The van der Waals surface area contributed by atoms with E-state index >= 15 is 0 Å². The van der Waals surface area contributed by atoms with Gasteiger partial charge in [0.1, 0.15) is 6.54 Å². The molecule has 0 fully saturated rings. The zero-order valence-corrected chi connectivity index (χ0v) is 20.9. The summed E-state index contributed by atoms with van der Waals surface area (Å²) in [6, 6.07) is 35.1. The molecule has 0 aliphatic heterocycles. The van der Waals surface area contributed by atoms with E-state index < -0.39 is 0 Å².